The van der Waals surface area contributed by atoms with E-state index < -0.39 is 23.8 Å². The summed E-state index contributed by atoms with van der Waals surface area (Å²) in [6, 6.07) is 0. The second kappa shape index (κ2) is 10.7. The Labute approximate surface area is 200 Å². The second-order valence-corrected chi connectivity index (χ2v) is 9.44. The standard InChI is InChI=1S/2C13H18O4/c1-3-16-12(14)10-8-5-6-9(7-8)11(10)13(15)17-4-2;1-3-6-7(4-2)9-5-8(6)10(12(14)15)11(9)13(16)17/h5-6,8-11H,3-4,7H2,1-2H3;8-11H,3-5H2,1-2H3,(H,14,15)(H,16,17). The molecule has 0 amide bonds. The topological polar surface area (TPSA) is 127 Å². The molecule has 4 rings (SSSR count). The number of fused-ring (bicyclic) bond motifs is 4. The maximum absolute atomic E-state index is 11.9. The van der Waals surface area contributed by atoms with Gasteiger partial charge in [-0.1, -0.05) is 37.1 Å². The SMILES string of the molecule is CCC1=C(CC)C2CC1C(C(=O)O)C2C(=O)O.CCOC(=O)C1C2C=CC(C2)C1C(=O)OCC. The molecule has 0 radical (unpaired) electrons. The van der Waals surface area contributed by atoms with Crippen LogP contribution in [0.2, 0.25) is 0 Å². The molecule has 8 heteroatoms. The smallest absolute Gasteiger partial charge is 0.310 e. The van der Waals surface area contributed by atoms with Gasteiger partial charge in [-0.05, 0) is 63.2 Å². The minimum Gasteiger partial charge on any atom is -0.481 e. The van der Waals surface area contributed by atoms with Crippen molar-refractivity contribution >= 4 is 23.9 Å². The fraction of sp³-hybridized carbons (Fsp3) is 0.692. The van der Waals surface area contributed by atoms with E-state index in [-0.39, 0.29) is 47.4 Å². The van der Waals surface area contributed by atoms with Crippen LogP contribution in [0.5, 0.6) is 0 Å². The molecule has 0 aliphatic heterocycles. The highest BCUT2D eigenvalue weighted by Gasteiger charge is 2.57. The third-order valence-corrected chi connectivity index (χ3v) is 7.98. The van der Waals surface area contributed by atoms with Gasteiger partial charge in [-0.2, -0.15) is 0 Å². The highest BCUT2D eigenvalue weighted by Crippen LogP contribution is 2.57. The molecule has 0 saturated heterocycles. The minimum atomic E-state index is -0.953. The van der Waals surface area contributed by atoms with Crippen LogP contribution in [0.3, 0.4) is 0 Å². The van der Waals surface area contributed by atoms with E-state index in [0.29, 0.717) is 13.2 Å². The third-order valence-electron chi connectivity index (χ3n) is 7.98. The fourth-order valence-corrected chi connectivity index (χ4v) is 6.83. The number of carbonyl (C=O) groups is 4. The molecule has 2 fully saturated rings. The zero-order chi connectivity index (χ0) is 25.2. The maximum atomic E-state index is 11.9. The molecule has 2 saturated carbocycles. The van der Waals surface area contributed by atoms with Crippen molar-refractivity contribution in [3.63, 3.8) is 0 Å². The van der Waals surface area contributed by atoms with Crippen molar-refractivity contribution in [2.75, 3.05) is 13.2 Å². The first kappa shape index (κ1) is 26.0. The fourth-order valence-electron chi connectivity index (χ4n) is 6.83. The maximum Gasteiger partial charge on any atom is 0.310 e. The van der Waals surface area contributed by atoms with Crippen molar-refractivity contribution in [3.05, 3.63) is 23.3 Å². The summed E-state index contributed by atoms with van der Waals surface area (Å²) in [7, 11) is 0. The number of allylic oxidation sites excluding steroid dienone is 4. The van der Waals surface area contributed by atoms with Gasteiger partial charge in [0.25, 0.3) is 0 Å². The minimum absolute atomic E-state index is 0.0430. The summed E-state index contributed by atoms with van der Waals surface area (Å²) in [5.41, 5.74) is 2.42. The first-order valence-electron chi connectivity index (χ1n) is 12.4. The lowest BCUT2D eigenvalue weighted by molar-refractivity contribution is -0.160. The Balaban J connectivity index is 0.000000191. The van der Waals surface area contributed by atoms with Crippen LogP contribution in [0.25, 0.3) is 0 Å². The number of aliphatic carboxylic acids is 2. The number of esters is 2. The van der Waals surface area contributed by atoms with Gasteiger partial charge in [0.1, 0.15) is 0 Å². The molecular weight excluding hydrogens is 440 g/mol. The van der Waals surface area contributed by atoms with Gasteiger partial charge in [0, 0.05) is 0 Å². The Kier molecular flexibility index (Phi) is 8.21. The lowest BCUT2D eigenvalue weighted by Gasteiger charge is -2.29. The lowest BCUT2D eigenvalue weighted by Crippen LogP contribution is -2.35. The Morgan fingerprint density at radius 2 is 1.09 bits per heavy atom. The first-order chi connectivity index (χ1) is 16.2. The zero-order valence-electron chi connectivity index (χ0n) is 20.4. The van der Waals surface area contributed by atoms with Crippen molar-refractivity contribution in [1.29, 1.82) is 0 Å². The van der Waals surface area contributed by atoms with E-state index in [1.165, 1.54) is 11.1 Å². The number of carboxylic acid groups (broad SMARTS) is 2. The van der Waals surface area contributed by atoms with Gasteiger partial charge in [0.15, 0.2) is 0 Å². The molecule has 0 aromatic carbocycles. The summed E-state index contributed by atoms with van der Waals surface area (Å²) < 4.78 is 10.1. The van der Waals surface area contributed by atoms with Crippen LogP contribution >= 0.6 is 0 Å². The molecule has 8 unspecified atom stereocenters. The van der Waals surface area contributed by atoms with Crippen molar-refractivity contribution in [2.24, 2.45) is 47.3 Å². The van der Waals surface area contributed by atoms with Crippen LogP contribution in [0, 0.1) is 47.3 Å². The van der Waals surface area contributed by atoms with E-state index in [1.807, 2.05) is 26.0 Å². The number of rotatable bonds is 8. The van der Waals surface area contributed by atoms with Crippen molar-refractivity contribution in [1.82, 2.24) is 0 Å². The molecule has 2 N–H and O–H groups in total. The van der Waals surface area contributed by atoms with Crippen LogP contribution in [-0.2, 0) is 28.7 Å². The summed E-state index contributed by atoms with van der Waals surface area (Å²) in [6.07, 6.45) is 7.35. The molecule has 8 nitrogen and oxygen atoms in total. The predicted molar refractivity (Wildman–Crippen MR) is 122 cm³/mol. The lowest BCUT2D eigenvalue weighted by atomic mass is 9.74. The van der Waals surface area contributed by atoms with E-state index in [4.69, 9.17) is 9.47 Å². The largest absolute Gasteiger partial charge is 0.481 e. The molecule has 8 atom stereocenters. The van der Waals surface area contributed by atoms with Crippen molar-refractivity contribution in [2.45, 2.75) is 53.4 Å². The molecule has 4 aliphatic carbocycles. The molecule has 0 aromatic rings. The molecule has 0 spiro atoms. The average Bonchev–Trinajstić information content (AvgIpc) is 3.56. The van der Waals surface area contributed by atoms with Crippen molar-refractivity contribution < 1.29 is 38.9 Å². The Morgan fingerprint density at radius 1 is 0.706 bits per heavy atom. The van der Waals surface area contributed by atoms with E-state index >= 15 is 0 Å². The van der Waals surface area contributed by atoms with Crippen LogP contribution < -0.4 is 0 Å². The van der Waals surface area contributed by atoms with Gasteiger partial charge in [-0.25, -0.2) is 0 Å². The van der Waals surface area contributed by atoms with Gasteiger partial charge in [-0.3, -0.25) is 19.2 Å². The van der Waals surface area contributed by atoms with E-state index in [9.17, 15) is 29.4 Å². The normalized spacial score (nSPS) is 34.6. The summed E-state index contributed by atoms with van der Waals surface area (Å²) in [5.74, 6) is -4.35. The molecule has 188 valence electrons. The van der Waals surface area contributed by atoms with Gasteiger partial charge < -0.3 is 19.7 Å². The quantitative estimate of drug-likeness (QED) is 0.401. The first-order valence-corrected chi connectivity index (χ1v) is 12.4. The molecule has 0 aromatic heterocycles. The average molecular weight is 477 g/mol. The monoisotopic (exact) mass is 476 g/mol. The number of hydrogen-bond donors (Lipinski definition) is 2. The van der Waals surface area contributed by atoms with Gasteiger partial charge in [-0.15, -0.1) is 0 Å². The Bertz CT molecular complexity index is 819. The van der Waals surface area contributed by atoms with Crippen LogP contribution in [0.4, 0.5) is 0 Å². The summed E-state index contributed by atoms with van der Waals surface area (Å²) in [6.45, 7) is 8.32. The van der Waals surface area contributed by atoms with Crippen LogP contribution in [0.15, 0.2) is 23.3 Å². The zero-order valence-corrected chi connectivity index (χ0v) is 20.4. The summed E-state index contributed by atoms with van der Waals surface area (Å²) in [4.78, 5) is 46.3. The van der Waals surface area contributed by atoms with Crippen molar-refractivity contribution in [3.8, 4) is 0 Å². The van der Waals surface area contributed by atoms with Gasteiger partial charge in [0.2, 0.25) is 0 Å². The number of ether oxygens (including phenoxy) is 2. The van der Waals surface area contributed by atoms with Crippen LogP contribution in [0.1, 0.15) is 53.4 Å². The molecule has 4 bridgehead atoms. The van der Waals surface area contributed by atoms with E-state index in [1.54, 1.807) is 13.8 Å². The molecule has 4 aliphatic rings. The molecule has 34 heavy (non-hydrogen) atoms. The number of hydrogen-bond acceptors (Lipinski definition) is 6. The summed E-state index contributed by atoms with van der Waals surface area (Å²) >= 11 is 0. The molecule has 0 heterocycles. The Hall–Kier alpha value is -2.64. The second-order valence-electron chi connectivity index (χ2n) is 9.44. The Morgan fingerprint density at radius 3 is 1.38 bits per heavy atom. The number of carbonyl (C=O) groups excluding carboxylic acids is 2. The third kappa shape index (κ3) is 4.51. The van der Waals surface area contributed by atoms with Gasteiger partial charge >= 0.3 is 23.9 Å². The molecular formula is C26H36O8. The van der Waals surface area contributed by atoms with E-state index in [2.05, 4.69) is 0 Å². The summed E-state index contributed by atoms with van der Waals surface area (Å²) in [5, 5.41) is 18.5. The number of carboxylic acids is 2. The highest BCUT2D eigenvalue weighted by atomic mass is 16.5. The predicted octanol–water partition coefficient (Wildman–Crippen LogP) is 3.71. The van der Waals surface area contributed by atoms with E-state index in [0.717, 1.165) is 25.7 Å². The van der Waals surface area contributed by atoms with Crippen LogP contribution in [-0.4, -0.2) is 47.3 Å². The highest BCUT2D eigenvalue weighted by molar-refractivity contribution is 5.84. The van der Waals surface area contributed by atoms with Gasteiger partial charge in [0.05, 0.1) is 36.9 Å².